The highest BCUT2D eigenvalue weighted by Crippen LogP contribution is 2.35. The summed E-state index contributed by atoms with van der Waals surface area (Å²) in [6.07, 6.45) is -1.05. The maximum atomic E-state index is 13.6. The fraction of sp³-hybridized carbons (Fsp3) is 0.385. The van der Waals surface area contributed by atoms with Gasteiger partial charge in [0.1, 0.15) is 5.75 Å². The molecule has 0 saturated heterocycles. The number of aryl methyl sites for hydroxylation is 1. The normalized spacial score (nSPS) is 11.8. The molecule has 0 aliphatic heterocycles. The molecule has 0 aliphatic rings. The van der Waals surface area contributed by atoms with Crippen molar-refractivity contribution in [1.82, 2.24) is 9.47 Å². The van der Waals surface area contributed by atoms with Crippen molar-refractivity contribution in [2.75, 3.05) is 0 Å². The average Bonchev–Trinajstić information content (AvgIpc) is 2.68. The van der Waals surface area contributed by atoms with Gasteiger partial charge in [0.25, 0.3) is 5.56 Å². The van der Waals surface area contributed by atoms with E-state index in [0.717, 1.165) is 16.7 Å². The number of aromatic hydroxyl groups is 1. The van der Waals surface area contributed by atoms with E-state index in [9.17, 15) is 19.8 Å². The number of hydrogen-bond donors (Lipinski definition) is 2. The highest BCUT2D eigenvalue weighted by Gasteiger charge is 2.29. The lowest BCUT2D eigenvalue weighted by Crippen LogP contribution is -2.45. The molecular formula is C26H32N2O4. The second-order valence-electron chi connectivity index (χ2n) is 9.77. The smallest absolute Gasteiger partial charge is 0.408 e. The monoisotopic (exact) mass is 436 g/mol. The number of fused-ring (bicyclic) bond motifs is 1. The lowest BCUT2D eigenvalue weighted by atomic mass is 9.94. The lowest BCUT2D eigenvalue weighted by Gasteiger charge is -2.35. The highest BCUT2D eigenvalue weighted by atomic mass is 16.4. The van der Waals surface area contributed by atoms with Crippen molar-refractivity contribution < 1.29 is 15.0 Å². The molecule has 2 aromatic carbocycles. The van der Waals surface area contributed by atoms with E-state index in [0.29, 0.717) is 23.0 Å². The van der Waals surface area contributed by atoms with Gasteiger partial charge in [-0.2, -0.15) is 0 Å². The Morgan fingerprint density at radius 2 is 1.69 bits per heavy atom. The van der Waals surface area contributed by atoms with Crippen molar-refractivity contribution in [3.05, 3.63) is 64.1 Å². The Balaban J connectivity index is 2.47. The Bertz CT molecular complexity index is 1200. The molecule has 0 bridgehead atoms. The summed E-state index contributed by atoms with van der Waals surface area (Å²) in [6, 6.07) is 12.7. The molecule has 0 aliphatic carbocycles. The summed E-state index contributed by atoms with van der Waals surface area (Å²) < 4.78 is 1.71. The first-order valence-electron chi connectivity index (χ1n) is 10.9. The molecule has 3 rings (SSSR count). The minimum absolute atomic E-state index is 0.0512. The number of amides is 1. The van der Waals surface area contributed by atoms with E-state index in [1.54, 1.807) is 16.7 Å². The van der Waals surface area contributed by atoms with Crippen LogP contribution in [0.5, 0.6) is 5.75 Å². The molecule has 6 nitrogen and oxygen atoms in total. The molecule has 1 aromatic heterocycles. The van der Waals surface area contributed by atoms with E-state index in [4.69, 9.17) is 0 Å². The highest BCUT2D eigenvalue weighted by molar-refractivity contribution is 5.98. The number of hydrogen-bond acceptors (Lipinski definition) is 3. The minimum atomic E-state index is -1.05. The van der Waals surface area contributed by atoms with Gasteiger partial charge in [0.15, 0.2) is 0 Å². The molecule has 0 spiro atoms. The molecule has 0 radical (unpaired) electrons. The Morgan fingerprint density at radius 3 is 2.22 bits per heavy atom. The molecule has 1 amide bonds. The van der Waals surface area contributed by atoms with Crippen LogP contribution in [0, 0.1) is 12.8 Å². The first-order chi connectivity index (χ1) is 14.9. The van der Waals surface area contributed by atoms with Crippen LogP contribution < -0.4 is 5.56 Å². The number of phenolic OH excluding ortho intramolecular Hbond substituents is 1. The van der Waals surface area contributed by atoms with Gasteiger partial charge in [-0.1, -0.05) is 43.7 Å². The molecule has 2 N–H and O–H groups in total. The molecular weight excluding hydrogens is 404 g/mol. The third kappa shape index (κ3) is 4.64. The molecule has 0 unspecified atom stereocenters. The molecule has 1 heterocycles. The van der Waals surface area contributed by atoms with Crippen LogP contribution >= 0.6 is 0 Å². The van der Waals surface area contributed by atoms with Gasteiger partial charge in [-0.15, -0.1) is 0 Å². The van der Waals surface area contributed by atoms with Gasteiger partial charge in [0.05, 0.1) is 6.54 Å². The zero-order valence-corrected chi connectivity index (χ0v) is 19.6. The summed E-state index contributed by atoms with van der Waals surface area (Å²) in [5, 5.41) is 21.3. The lowest BCUT2D eigenvalue weighted by molar-refractivity contribution is 0.0937. The van der Waals surface area contributed by atoms with Gasteiger partial charge >= 0.3 is 6.09 Å². The third-order valence-corrected chi connectivity index (χ3v) is 5.60. The third-order valence-electron chi connectivity index (χ3n) is 5.60. The number of aromatic nitrogens is 1. The summed E-state index contributed by atoms with van der Waals surface area (Å²) in [7, 11) is 0. The van der Waals surface area contributed by atoms with Crippen LogP contribution in [0.3, 0.4) is 0 Å². The largest absolute Gasteiger partial charge is 0.508 e. The summed E-state index contributed by atoms with van der Waals surface area (Å²) in [5.41, 5.74) is 2.52. The number of carbonyl (C=O) groups is 1. The molecule has 32 heavy (non-hydrogen) atoms. The predicted octanol–water partition coefficient (Wildman–Crippen LogP) is 5.62. The number of rotatable bonds is 5. The Hall–Kier alpha value is -3.28. The molecule has 170 valence electrons. The van der Waals surface area contributed by atoms with Crippen LogP contribution in [-0.4, -0.2) is 31.3 Å². The van der Waals surface area contributed by atoms with Crippen LogP contribution in [0.15, 0.2) is 47.3 Å². The maximum Gasteiger partial charge on any atom is 0.408 e. The van der Waals surface area contributed by atoms with Crippen molar-refractivity contribution in [2.45, 2.75) is 60.2 Å². The van der Waals surface area contributed by atoms with E-state index in [2.05, 4.69) is 0 Å². The fourth-order valence-electron chi connectivity index (χ4n) is 3.99. The molecule has 0 saturated carbocycles. The maximum absolute atomic E-state index is 13.6. The van der Waals surface area contributed by atoms with Crippen molar-refractivity contribution in [3.8, 4) is 16.9 Å². The minimum Gasteiger partial charge on any atom is -0.508 e. The second-order valence-corrected chi connectivity index (χ2v) is 9.77. The van der Waals surface area contributed by atoms with Gasteiger partial charge in [0, 0.05) is 34.1 Å². The summed E-state index contributed by atoms with van der Waals surface area (Å²) in [4.78, 5) is 27.1. The van der Waals surface area contributed by atoms with Gasteiger partial charge in [-0.05, 0) is 57.4 Å². The Kier molecular flexibility index (Phi) is 6.35. The summed E-state index contributed by atoms with van der Waals surface area (Å²) in [6.45, 7) is 12.1. The van der Waals surface area contributed by atoms with E-state index in [-0.39, 0.29) is 23.8 Å². The number of pyridine rings is 1. The van der Waals surface area contributed by atoms with E-state index in [1.165, 1.54) is 11.0 Å². The van der Waals surface area contributed by atoms with Crippen molar-refractivity contribution in [1.29, 1.82) is 0 Å². The molecule has 3 aromatic rings. The molecule has 6 heteroatoms. The number of phenols is 1. The van der Waals surface area contributed by atoms with Crippen LogP contribution in [0.4, 0.5) is 4.79 Å². The van der Waals surface area contributed by atoms with E-state index in [1.807, 2.05) is 65.8 Å². The summed E-state index contributed by atoms with van der Waals surface area (Å²) >= 11 is 0. The van der Waals surface area contributed by atoms with Crippen molar-refractivity contribution in [3.63, 3.8) is 0 Å². The number of benzene rings is 2. The van der Waals surface area contributed by atoms with Gasteiger partial charge < -0.3 is 14.8 Å². The SMILES string of the molecule is Cc1ccc(-c2c(CN(C(=O)O)C(C)(C)C)n(CC(C)C)c(=O)c3ccc(O)cc23)cc1. The Labute approximate surface area is 188 Å². The Morgan fingerprint density at radius 1 is 1.06 bits per heavy atom. The zero-order valence-electron chi connectivity index (χ0n) is 19.6. The van der Waals surface area contributed by atoms with E-state index < -0.39 is 11.6 Å². The number of nitrogens with zero attached hydrogens (tertiary/aromatic N) is 2. The van der Waals surface area contributed by atoms with Crippen LogP contribution in [0.25, 0.3) is 21.9 Å². The fourth-order valence-corrected chi connectivity index (χ4v) is 3.99. The molecule has 0 fully saturated rings. The first kappa shape index (κ1) is 23.4. The standard InChI is InChI=1S/C26H32N2O4/c1-16(2)14-27-22(15-28(25(31)32)26(4,5)6)23(18-9-7-17(3)8-10-18)21-13-19(29)11-12-20(21)24(27)30/h7-13,16,29H,14-15H2,1-6H3,(H,31,32). The first-order valence-corrected chi connectivity index (χ1v) is 10.9. The van der Waals surface area contributed by atoms with Gasteiger partial charge in [-0.25, -0.2) is 4.79 Å². The van der Waals surface area contributed by atoms with Crippen LogP contribution in [0.2, 0.25) is 0 Å². The van der Waals surface area contributed by atoms with Crippen LogP contribution in [0.1, 0.15) is 45.9 Å². The van der Waals surface area contributed by atoms with Crippen LogP contribution in [-0.2, 0) is 13.1 Å². The summed E-state index contributed by atoms with van der Waals surface area (Å²) in [5.74, 6) is 0.239. The van der Waals surface area contributed by atoms with E-state index >= 15 is 0 Å². The number of carboxylic acid groups (broad SMARTS) is 1. The van der Waals surface area contributed by atoms with Crippen molar-refractivity contribution >= 4 is 16.9 Å². The molecule has 0 atom stereocenters. The average molecular weight is 437 g/mol. The topological polar surface area (TPSA) is 82.8 Å². The quantitative estimate of drug-likeness (QED) is 0.544. The zero-order chi connectivity index (χ0) is 23.8. The predicted molar refractivity (Wildman–Crippen MR) is 128 cm³/mol. The second kappa shape index (κ2) is 8.69. The van der Waals surface area contributed by atoms with Gasteiger partial charge in [-0.3, -0.25) is 9.69 Å². The van der Waals surface area contributed by atoms with Gasteiger partial charge in [0.2, 0.25) is 0 Å². The van der Waals surface area contributed by atoms with Crippen molar-refractivity contribution in [2.24, 2.45) is 5.92 Å².